The van der Waals surface area contributed by atoms with E-state index in [1.165, 1.54) is 0 Å². The van der Waals surface area contributed by atoms with Crippen molar-refractivity contribution in [2.75, 3.05) is 24.6 Å². The topological polar surface area (TPSA) is 90.9 Å². The summed E-state index contributed by atoms with van der Waals surface area (Å²) in [5, 5.41) is 14.1. The van der Waals surface area contributed by atoms with Crippen molar-refractivity contribution >= 4 is 17.3 Å². The van der Waals surface area contributed by atoms with E-state index >= 15 is 0 Å². The van der Waals surface area contributed by atoms with Crippen molar-refractivity contribution in [2.45, 2.75) is 0 Å². The first-order valence-electron chi connectivity index (χ1n) is 4.41. The number of hydrogen-bond acceptors (Lipinski definition) is 4. The van der Waals surface area contributed by atoms with E-state index in [9.17, 15) is 4.79 Å². The molecule has 1 amide bonds. The number of nitrogens with two attached hydrogens (primary N) is 1. The summed E-state index contributed by atoms with van der Waals surface area (Å²) in [7, 11) is 1.55. The van der Waals surface area contributed by atoms with Gasteiger partial charge in [0.25, 0.3) is 0 Å². The Morgan fingerprint density at radius 3 is 2.93 bits per heavy atom. The van der Waals surface area contributed by atoms with Gasteiger partial charge in [-0.1, -0.05) is 0 Å². The lowest BCUT2D eigenvalue weighted by atomic mass is 10.1. The summed E-state index contributed by atoms with van der Waals surface area (Å²) < 4.78 is 0. The Morgan fingerprint density at radius 1 is 1.60 bits per heavy atom. The fourth-order valence-corrected chi connectivity index (χ4v) is 1.07. The summed E-state index contributed by atoms with van der Waals surface area (Å²) in [5.41, 5.74) is 7.09. The van der Waals surface area contributed by atoms with Crippen LogP contribution in [0.4, 0.5) is 11.4 Å². The van der Waals surface area contributed by atoms with Crippen LogP contribution >= 0.6 is 0 Å². The zero-order chi connectivity index (χ0) is 11.3. The van der Waals surface area contributed by atoms with E-state index in [0.29, 0.717) is 16.9 Å². The second kappa shape index (κ2) is 4.86. The van der Waals surface area contributed by atoms with Crippen LogP contribution in [0.1, 0.15) is 5.56 Å². The van der Waals surface area contributed by atoms with Crippen molar-refractivity contribution in [2.24, 2.45) is 0 Å². The first-order chi connectivity index (χ1) is 7.17. The van der Waals surface area contributed by atoms with Crippen molar-refractivity contribution in [3.05, 3.63) is 23.8 Å². The minimum Gasteiger partial charge on any atom is -0.399 e. The highest BCUT2D eigenvalue weighted by Crippen LogP contribution is 2.17. The number of anilines is 2. The van der Waals surface area contributed by atoms with Gasteiger partial charge in [-0.25, -0.2) is 0 Å². The largest absolute Gasteiger partial charge is 0.399 e. The zero-order valence-corrected chi connectivity index (χ0v) is 8.37. The Kier molecular flexibility index (Phi) is 3.52. The molecule has 0 heterocycles. The van der Waals surface area contributed by atoms with Crippen LogP contribution in [0.15, 0.2) is 18.2 Å². The summed E-state index contributed by atoms with van der Waals surface area (Å²) in [4.78, 5) is 11.0. The second-order valence-corrected chi connectivity index (χ2v) is 2.94. The fourth-order valence-electron chi connectivity index (χ4n) is 1.07. The van der Waals surface area contributed by atoms with Gasteiger partial charge in [0.1, 0.15) is 6.07 Å². The minimum absolute atomic E-state index is 0.134. The standard InChI is InChI=1S/C10H12N4O/c1-13-10(15)6-14-9-3-2-8(12)4-7(9)5-11/h2-4,14H,6,12H2,1H3,(H,13,15). The average molecular weight is 204 g/mol. The molecule has 0 aromatic heterocycles. The summed E-state index contributed by atoms with van der Waals surface area (Å²) in [5.74, 6) is -0.143. The highest BCUT2D eigenvalue weighted by molar-refractivity contribution is 5.81. The predicted molar refractivity (Wildman–Crippen MR) is 58.1 cm³/mol. The molecule has 5 heteroatoms. The van der Waals surface area contributed by atoms with Gasteiger partial charge in [-0.15, -0.1) is 0 Å². The van der Waals surface area contributed by atoms with Gasteiger partial charge in [0, 0.05) is 12.7 Å². The molecule has 0 aliphatic rings. The third-order valence-electron chi connectivity index (χ3n) is 1.88. The van der Waals surface area contributed by atoms with E-state index in [-0.39, 0.29) is 12.5 Å². The number of carbonyl (C=O) groups is 1. The Bertz CT molecular complexity index is 408. The quantitative estimate of drug-likeness (QED) is 0.617. The Morgan fingerprint density at radius 2 is 2.33 bits per heavy atom. The van der Waals surface area contributed by atoms with Crippen LogP contribution in [-0.4, -0.2) is 19.5 Å². The molecular weight excluding hydrogens is 192 g/mol. The van der Waals surface area contributed by atoms with Crippen molar-refractivity contribution in [3.63, 3.8) is 0 Å². The number of nitriles is 1. The third kappa shape index (κ3) is 2.88. The van der Waals surface area contributed by atoms with Crippen molar-refractivity contribution in [1.29, 1.82) is 5.26 Å². The van der Waals surface area contributed by atoms with Gasteiger partial charge in [0.05, 0.1) is 17.8 Å². The normalized spacial score (nSPS) is 9.07. The molecule has 0 saturated carbocycles. The van der Waals surface area contributed by atoms with Crippen LogP contribution in [0.25, 0.3) is 0 Å². The summed E-state index contributed by atoms with van der Waals surface area (Å²) in [6.07, 6.45) is 0. The Labute approximate surface area is 87.9 Å². The van der Waals surface area contributed by atoms with E-state index in [4.69, 9.17) is 11.0 Å². The van der Waals surface area contributed by atoms with Gasteiger partial charge in [-0.05, 0) is 18.2 Å². The van der Waals surface area contributed by atoms with Crippen LogP contribution in [0.3, 0.4) is 0 Å². The molecule has 4 N–H and O–H groups in total. The number of benzene rings is 1. The first-order valence-corrected chi connectivity index (χ1v) is 4.41. The number of carbonyl (C=O) groups excluding carboxylic acids is 1. The molecule has 1 aromatic rings. The van der Waals surface area contributed by atoms with E-state index in [1.54, 1.807) is 25.2 Å². The highest BCUT2D eigenvalue weighted by Gasteiger charge is 2.03. The Hall–Kier alpha value is -2.22. The molecule has 0 saturated heterocycles. The molecule has 0 radical (unpaired) electrons. The molecular formula is C10H12N4O. The van der Waals surface area contributed by atoms with E-state index in [1.807, 2.05) is 6.07 Å². The molecule has 0 atom stereocenters. The average Bonchev–Trinajstić information content (AvgIpc) is 2.26. The summed E-state index contributed by atoms with van der Waals surface area (Å²) in [6.45, 7) is 0.134. The lowest BCUT2D eigenvalue weighted by Crippen LogP contribution is -2.26. The molecule has 15 heavy (non-hydrogen) atoms. The fraction of sp³-hybridized carbons (Fsp3) is 0.200. The maximum Gasteiger partial charge on any atom is 0.239 e. The maximum atomic E-state index is 11.0. The van der Waals surface area contributed by atoms with Gasteiger partial charge in [0.2, 0.25) is 5.91 Å². The Balaban J connectivity index is 2.77. The van der Waals surface area contributed by atoms with Crippen molar-refractivity contribution in [3.8, 4) is 6.07 Å². The number of nitrogens with zero attached hydrogens (tertiary/aromatic N) is 1. The predicted octanol–water partition coefficient (Wildman–Crippen LogP) is 0.298. The maximum absolute atomic E-state index is 11.0. The van der Waals surface area contributed by atoms with Crippen LogP contribution < -0.4 is 16.4 Å². The van der Waals surface area contributed by atoms with Gasteiger partial charge in [-0.2, -0.15) is 5.26 Å². The van der Waals surface area contributed by atoms with E-state index in [0.717, 1.165) is 0 Å². The number of rotatable bonds is 3. The van der Waals surface area contributed by atoms with Gasteiger partial charge >= 0.3 is 0 Å². The molecule has 0 aliphatic heterocycles. The lowest BCUT2D eigenvalue weighted by Gasteiger charge is -2.07. The minimum atomic E-state index is -0.143. The third-order valence-corrected chi connectivity index (χ3v) is 1.88. The zero-order valence-electron chi connectivity index (χ0n) is 8.37. The first kappa shape index (κ1) is 10.9. The molecule has 0 aliphatic carbocycles. The van der Waals surface area contributed by atoms with E-state index < -0.39 is 0 Å². The SMILES string of the molecule is CNC(=O)CNc1ccc(N)cc1C#N. The highest BCUT2D eigenvalue weighted by atomic mass is 16.1. The number of amides is 1. The van der Waals surface area contributed by atoms with Crippen LogP contribution in [-0.2, 0) is 4.79 Å². The number of hydrogen-bond donors (Lipinski definition) is 3. The van der Waals surface area contributed by atoms with Crippen LogP contribution in [0, 0.1) is 11.3 Å². The van der Waals surface area contributed by atoms with Crippen molar-refractivity contribution in [1.82, 2.24) is 5.32 Å². The number of nitrogen functional groups attached to an aromatic ring is 1. The second-order valence-electron chi connectivity index (χ2n) is 2.94. The number of likely N-dealkylation sites (N-methyl/N-ethyl adjacent to an activating group) is 1. The lowest BCUT2D eigenvalue weighted by molar-refractivity contribution is -0.118. The number of nitrogens with one attached hydrogen (secondary N) is 2. The van der Waals surface area contributed by atoms with Crippen LogP contribution in [0.5, 0.6) is 0 Å². The summed E-state index contributed by atoms with van der Waals surface area (Å²) >= 11 is 0. The smallest absolute Gasteiger partial charge is 0.239 e. The molecule has 78 valence electrons. The van der Waals surface area contributed by atoms with Gasteiger partial charge in [-0.3, -0.25) is 4.79 Å². The monoisotopic (exact) mass is 204 g/mol. The molecule has 0 spiro atoms. The molecule has 0 unspecified atom stereocenters. The molecule has 5 nitrogen and oxygen atoms in total. The molecule has 1 aromatic carbocycles. The van der Waals surface area contributed by atoms with Crippen LogP contribution in [0.2, 0.25) is 0 Å². The molecule has 1 rings (SSSR count). The van der Waals surface area contributed by atoms with E-state index in [2.05, 4.69) is 10.6 Å². The van der Waals surface area contributed by atoms with Gasteiger partial charge < -0.3 is 16.4 Å². The summed E-state index contributed by atoms with van der Waals surface area (Å²) in [6, 6.07) is 6.92. The molecule has 0 bridgehead atoms. The molecule has 0 fully saturated rings. The van der Waals surface area contributed by atoms with Gasteiger partial charge in [0.15, 0.2) is 0 Å². The van der Waals surface area contributed by atoms with Crippen molar-refractivity contribution < 1.29 is 4.79 Å².